The number of hydrogen-bond donors (Lipinski definition) is 2. The fourth-order valence-electron chi connectivity index (χ4n) is 3.61. The number of carbonyl (C=O) groups is 2. The lowest BCUT2D eigenvalue weighted by Gasteiger charge is -2.13. The lowest BCUT2D eigenvalue weighted by Crippen LogP contribution is -2.24. The van der Waals surface area contributed by atoms with Gasteiger partial charge in [-0.25, -0.2) is 4.68 Å². The van der Waals surface area contributed by atoms with Gasteiger partial charge in [0.2, 0.25) is 5.91 Å². The Kier molecular flexibility index (Phi) is 6.37. The third-order valence-corrected chi connectivity index (χ3v) is 5.25. The quantitative estimate of drug-likeness (QED) is 0.443. The molecule has 0 aliphatic carbocycles. The highest BCUT2D eigenvalue weighted by molar-refractivity contribution is 6.10. The summed E-state index contributed by atoms with van der Waals surface area (Å²) in [5.74, 6) is -1.17. The molecule has 0 atom stereocenters. The van der Waals surface area contributed by atoms with Crippen molar-refractivity contribution in [1.82, 2.24) is 9.78 Å². The van der Waals surface area contributed by atoms with Crippen molar-refractivity contribution in [3.8, 4) is 0 Å². The summed E-state index contributed by atoms with van der Waals surface area (Å²) in [7, 11) is 1.49. The van der Waals surface area contributed by atoms with E-state index in [9.17, 15) is 27.6 Å². The van der Waals surface area contributed by atoms with E-state index >= 15 is 0 Å². The molecule has 10 heteroatoms. The molecule has 7 nitrogen and oxygen atoms in total. The number of hydrogen-bond acceptors (Lipinski definition) is 4. The third-order valence-electron chi connectivity index (χ3n) is 5.25. The maximum Gasteiger partial charge on any atom is 0.416 e. The number of fused-ring (bicyclic) bond motifs is 1. The second-order valence-corrected chi connectivity index (χ2v) is 7.72. The van der Waals surface area contributed by atoms with E-state index in [1.54, 1.807) is 36.4 Å². The van der Waals surface area contributed by atoms with Crippen LogP contribution in [0.1, 0.15) is 21.6 Å². The fourth-order valence-corrected chi connectivity index (χ4v) is 3.61. The van der Waals surface area contributed by atoms with Gasteiger partial charge < -0.3 is 10.6 Å². The fraction of sp³-hybridized carbons (Fsp3) is 0.120. The predicted molar refractivity (Wildman–Crippen MR) is 125 cm³/mol. The van der Waals surface area contributed by atoms with Crippen LogP contribution in [-0.2, 0) is 24.4 Å². The highest BCUT2D eigenvalue weighted by Crippen LogP contribution is 2.31. The Balaban J connectivity index is 1.55. The molecule has 4 rings (SSSR count). The first-order chi connectivity index (χ1) is 16.6. The van der Waals surface area contributed by atoms with Crippen LogP contribution in [-0.4, -0.2) is 21.6 Å². The number of rotatable bonds is 5. The molecule has 4 aromatic rings. The number of para-hydroxylation sites is 1. The van der Waals surface area contributed by atoms with Crippen LogP contribution < -0.4 is 16.2 Å². The number of benzene rings is 3. The molecule has 178 valence electrons. The second-order valence-electron chi connectivity index (χ2n) is 7.72. The normalized spacial score (nSPS) is 11.3. The number of aromatic nitrogens is 2. The Morgan fingerprint density at radius 1 is 0.914 bits per heavy atom. The molecule has 0 saturated carbocycles. The van der Waals surface area contributed by atoms with Gasteiger partial charge in [0.1, 0.15) is 0 Å². The molecular weight excluding hydrogens is 461 g/mol. The van der Waals surface area contributed by atoms with Crippen molar-refractivity contribution < 1.29 is 22.8 Å². The molecule has 0 aliphatic rings. The van der Waals surface area contributed by atoms with Gasteiger partial charge in [-0.1, -0.05) is 36.4 Å². The number of anilines is 2. The molecule has 1 heterocycles. The highest BCUT2D eigenvalue weighted by atomic mass is 19.4. The van der Waals surface area contributed by atoms with E-state index < -0.39 is 23.6 Å². The zero-order chi connectivity index (χ0) is 25.2. The predicted octanol–water partition coefficient (Wildman–Crippen LogP) is 4.39. The van der Waals surface area contributed by atoms with Gasteiger partial charge in [-0.2, -0.15) is 18.3 Å². The van der Waals surface area contributed by atoms with Crippen LogP contribution >= 0.6 is 0 Å². The van der Waals surface area contributed by atoms with Crippen molar-refractivity contribution in [3.05, 3.63) is 100.0 Å². The SMILES string of the molecule is Cn1nc(CC(=O)Nc2ccccc2C(=O)Nc2cccc(C(F)(F)F)c2)c2ccccc2c1=O. The van der Waals surface area contributed by atoms with Gasteiger partial charge in [0.15, 0.2) is 0 Å². The number of halogens is 3. The summed E-state index contributed by atoms with van der Waals surface area (Å²) < 4.78 is 40.1. The Hall–Kier alpha value is -4.47. The molecule has 3 aromatic carbocycles. The minimum absolute atomic E-state index is 0.0353. The summed E-state index contributed by atoms with van der Waals surface area (Å²) >= 11 is 0. The van der Waals surface area contributed by atoms with Crippen LogP contribution in [0, 0.1) is 0 Å². The van der Waals surface area contributed by atoms with Crippen LogP contribution in [0.2, 0.25) is 0 Å². The van der Waals surface area contributed by atoms with E-state index in [1.165, 1.54) is 31.3 Å². The molecule has 0 bridgehead atoms. The molecule has 2 N–H and O–H groups in total. The first-order valence-electron chi connectivity index (χ1n) is 10.5. The van der Waals surface area contributed by atoms with E-state index in [1.807, 2.05) is 0 Å². The molecular formula is C25H19F3N4O3. The number of amides is 2. The van der Waals surface area contributed by atoms with Gasteiger partial charge in [0.25, 0.3) is 11.5 Å². The Labute approximate surface area is 197 Å². The first-order valence-corrected chi connectivity index (χ1v) is 10.5. The van der Waals surface area contributed by atoms with E-state index in [0.29, 0.717) is 16.5 Å². The second kappa shape index (κ2) is 9.41. The largest absolute Gasteiger partial charge is 0.416 e. The van der Waals surface area contributed by atoms with Gasteiger partial charge in [-0.05, 0) is 36.4 Å². The molecule has 0 spiro atoms. The van der Waals surface area contributed by atoms with Crippen LogP contribution in [0.4, 0.5) is 24.5 Å². The van der Waals surface area contributed by atoms with E-state index in [2.05, 4.69) is 15.7 Å². The smallest absolute Gasteiger partial charge is 0.325 e. The molecule has 0 aliphatic heterocycles. The van der Waals surface area contributed by atoms with Gasteiger partial charge >= 0.3 is 6.18 Å². The minimum Gasteiger partial charge on any atom is -0.325 e. The van der Waals surface area contributed by atoms with Gasteiger partial charge in [0.05, 0.1) is 34.3 Å². The maximum atomic E-state index is 13.0. The van der Waals surface area contributed by atoms with Gasteiger partial charge in [-0.15, -0.1) is 0 Å². The van der Waals surface area contributed by atoms with Crippen molar-refractivity contribution in [2.45, 2.75) is 12.6 Å². The Morgan fingerprint density at radius 2 is 1.60 bits per heavy atom. The summed E-state index contributed by atoms with van der Waals surface area (Å²) in [4.78, 5) is 37.9. The van der Waals surface area contributed by atoms with Crippen molar-refractivity contribution in [1.29, 1.82) is 0 Å². The van der Waals surface area contributed by atoms with Crippen LogP contribution in [0.25, 0.3) is 10.8 Å². The summed E-state index contributed by atoms with van der Waals surface area (Å²) in [5.41, 5.74) is -0.596. The van der Waals surface area contributed by atoms with Gasteiger partial charge in [-0.3, -0.25) is 14.4 Å². The molecule has 2 amide bonds. The summed E-state index contributed by atoms with van der Waals surface area (Å²) in [6, 6.07) is 17.2. The topological polar surface area (TPSA) is 93.1 Å². The average molecular weight is 480 g/mol. The third kappa shape index (κ3) is 5.21. The lowest BCUT2D eigenvalue weighted by atomic mass is 10.1. The zero-order valence-electron chi connectivity index (χ0n) is 18.4. The summed E-state index contributed by atoms with van der Waals surface area (Å²) in [5, 5.41) is 10.2. The number of aryl methyl sites for hydroxylation is 1. The molecule has 0 unspecified atom stereocenters. The Morgan fingerprint density at radius 3 is 2.34 bits per heavy atom. The highest BCUT2D eigenvalue weighted by Gasteiger charge is 2.30. The van der Waals surface area contributed by atoms with Crippen LogP contribution in [0.15, 0.2) is 77.6 Å². The van der Waals surface area contributed by atoms with Crippen LogP contribution in [0.3, 0.4) is 0 Å². The lowest BCUT2D eigenvalue weighted by molar-refractivity contribution is -0.137. The van der Waals surface area contributed by atoms with E-state index in [4.69, 9.17) is 0 Å². The van der Waals surface area contributed by atoms with Crippen molar-refractivity contribution in [3.63, 3.8) is 0 Å². The number of alkyl halides is 3. The summed E-state index contributed by atoms with van der Waals surface area (Å²) in [6.07, 6.45) is -4.72. The number of carbonyl (C=O) groups excluding carboxylic acids is 2. The molecule has 35 heavy (non-hydrogen) atoms. The number of nitrogens with zero attached hydrogens (tertiary/aromatic N) is 2. The molecule has 0 saturated heterocycles. The Bertz CT molecular complexity index is 1500. The molecule has 0 fully saturated rings. The average Bonchev–Trinajstić information content (AvgIpc) is 2.82. The minimum atomic E-state index is -4.55. The molecule has 1 aromatic heterocycles. The van der Waals surface area contributed by atoms with E-state index in [0.717, 1.165) is 16.8 Å². The zero-order valence-corrected chi connectivity index (χ0v) is 18.4. The van der Waals surface area contributed by atoms with E-state index in [-0.39, 0.29) is 28.9 Å². The first kappa shape index (κ1) is 23.7. The van der Waals surface area contributed by atoms with Crippen molar-refractivity contribution in [2.24, 2.45) is 7.05 Å². The standard InChI is InChI=1S/C25H19F3N4O3/c1-32-24(35)18-10-3-2-9-17(18)21(31-32)14-22(33)30-20-12-5-4-11-19(20)23(34)29-16-8-6-7-15(13-16)25(26,27)28/h2-13H,14H2,1H3,(H,29,34)(H,30,33). The summed E-state index contributed by atoms with van der Waals surface area (Å²) in [6.45, 7) is 0. The van der Waals surface area contributed by atoms with Crippen LogP contribution in [0.5, 0.6) is 0 Å². The van der Waals surface area contributed by atoms with Crippen molar-refractivity contribution >= 4 is 34.0 Å². The van der Waals surface area contributed by atoms with Crippen molar-refractivity contribution in [2.75, 3.05) is 10.6 Å². The monoisotopic (exact) mass is 480 g/mol. The number of nitrogens with one attached hydrogen (secondary N) is 2. The maximum absolute atomic E-state index is 13.0. The van der Waals surface area contributed by atoms with Gasteiger partial charge in [0, 0.05) is 18.1 Å². The molecule has 0 radical (unpaired) electrons.